The van der Waals surface area contributed by atoms with Gasteiger partial charge in [0.05, 0.1) is 19.1 Å². The van der Waals surface area contributed by atoms with Crippen molar-refractivity contribution >= 4 is 11.9 Å². The summed E-state index contributed by atoms with van der Waals surface area (Å²) >= 11 is 0. The predicted molar refractivity (Wildman–Crippen MR) is 47.8 cm³/mol. The Morgan fingerprint density at radius 3 is 1.79 bits per heavy atom. The second kappa shape index (κ2) is 9.94. The lowest BCUT2D eigenvalue weighted by molar-refractivity contribution is -0.142. The van der Waals surface area contributed by atoms with Crippen LogP contribution in [0, 0.1) is 5.92 Å². The fourth-order valence-corrected chi connectivity index (χ4v) is 0.463. The monoisotopic (exact) mass is 208 g/mol. The number of carbonyl (C=O) groups is 2. The average Bonchev–Trinajstić information content (AvgIpc) is 2.14. The zero-order chi connectivity index (χ0) is 11.6. The molecular weight excluding hydrogens is 192 g/mol. The van der Waals surface area contributed by atoms with Gasteiger partial charge in [0.2, 0.25) is 0 Å². The van der Waals surface area contributed by atoms with E-state index >= 15 is 0 Å². The normalized spacial score (nSPS) is 11.1. The smallest absolute Gasteiger partial charge is 0.306 e. The van der Waals surface area contributed by atoms with Gasteiger partial charge in [0.25, 0.3) is 0 Å². The molecule has 0 radical (unpaired) electrons. The highest BCUT2D eigenvalue weighted by Gasteiger charge is 2.11. The van der Waals surface area contributed by atoms with Crippen LogP contribution in [-0.2, 0) is 9.59 Å². The summed E-state index contributed by atoms with van der Waals surface area (Å²) in [6, 6.07) is 0. The molecule has 0 aromatic heterocycles. The van der Waals surface area contributed by atoms with E-state index in [0.717, 1.165) is 0 Å². The molecule has 0 amide bonds. The Labute approximate surface area is 81.8 Å². The maximum absolute atomic E-state index is 10.1. The van der Waals surface area contributed by atoms with E-state index in [1.54, 1.807) is 0 Å². The van der Waals surface area contributed by atoms with Gasteiger partial charge in [-0.1, -0.05) is 6.92 Å². The van der Waals surface area contributed by atoms with E-state index in [2.05, 4.69) is 0 Å². The Balaban J connectivity index is 0. The van der Waals surface area contributed by atoms with E-state index in [1.807, 2.05) is 0 Å². The average molecular weight is 208 g/mol. The minimum atomic E-state index is -0.951. The van der Waals surface area contributed by atoms with E-state index in [-0.39, 0.29) is 26.1 Å². The van der Waals surface area contributed by atoms with Crippen LogP contribution in [0.3, 0.4) is 0 Å². The third-order valence-electron chi connectivity index (χ3n) is 1.31. The number of aliphatic hydroxyl groups excluding tert-OH is 2. The summed E-state index contributed by atoms with van der Waals surface area (Å²) in [5.41, 5.74) is 0. The Hall–Kier alpha value is -1.14. The Morgan fingerprint density at radius 1 is 1.14 bits per heavy atom. The van der Waals surface area contributed by atoms with E-state index in [9.17, 15) is 9.59 Å². The van der Waals surface area contributed by atoms with Crippen LogP contribution >= 0.6 is 0 Å². The molecule has 6 nitrogen and oxygen atoms in total. The summed E-state index contributed by atoms with van der Waals surface area (Å²) in [5, 5.41) is 31.7. The molecule has 0 rings (SSSR count). The van der Waals surface area contributed by atoms with Gasteiger partial charge in [-0.15, -0.1) is 0 Å². The standard InChI is InChI=1S/C6H10O4.C2H6O2/c1-4(6(9)10)2-3-5(7)8;3-1-2-4/h4H,2-3H2,1H3,(H,7,8)(H,9,10);3-4H,1-2H2. The summed E-state index contributed by atoms with van der Waals surface area (Å²) in [6.07, 6.45) is 0.123. The number of carboxylic acids is 2. The fraction of sp³-hybridized carbons (Fsp3) is 0.750. The van der Waals surface area contributed by atoms with Crippen molar-refractivity contribution in [3.63, 3.8) is 0 Å². The van der Waals surface area contributed by atoms with Crippen LogP contribution in [0.1, 0.15) is 19.8 Å². The molecule has 0 bridgehead atoms. The molecule has 0 spiro atoms. The molecule has 1 atom stereocenters. The molecule has 0 aliphatic carbocycles. The van der Waals surface area contributed by atoms with Crippen LogP contribution < -0.4 is 0 Å². The first-order valence-corrected chi connectivity index (χ1v) is 4.12. The molecule has 0 aromatic rings. The molecule has 0 fully saturated rings. The van der Waals surface area contributed by atoms with Crippen LogP contribution in [0.5, 0.6) is 0 Å². The molecule has 0 aromatic carbocycles. The van der Waals surface area contributed by atoms with Crippen molar-refractivity contribution in [2.24, 2.45) is 5.92 Å². The Kier molecular flexibility index (Phi) is 10.9. The van der Waals surface area contributed by atoms with Crippen molar-refractivity contribution < 1.29 is 30.0 Å². The lowest BCUT2D eigenvalue weighted by atomic mass is 10.1. The molecule has 0 saturated heterocycles. The SMILES string of the molecule is CC(CCC(=O)O)C(=O)O.OCCO. The van der Waals surface area contributed by atoms with Crippen LogP contribution in [0.4, 0.5) is 0 Å². The third kappa shape index (κ3) is 13.4. The number of rotatable bonds is 5. The second-order valence-electron chi connectivity index (χ2n) is 2.62. The fourth-order valence-electron chi connectivity index (χ4n) is 0.463. The second-order valence-corrected chi connectivity index (χ2v) is 2.62. The summed E-state index contributed by atoms with van der Waals surface area (Å²) in [6.45, 7) is 1.24. The highest BCUT2D eigenvalue weighted by atomic mass is 16.4. The lowest BCUT2D eigenvalue weighted by Crippen LogP contribution is -2.11. The molecule has 6 heteroatoms. The number of aliphatic hydroxyl groups is 2. The number of aliphatic carboxylic acids is 2. The van der Waals surface area contributed by atoms with Crippen LogP contribution in [0.25, 0.3) is 0 Å². The first-order valence-electron chi connectivity index (χ1n) is 4.12. The Morgan fingerprint density at radius 2 is 1.57 bits per heavy atom. The molecule has 1 unspecified atom stereocenters. The maximum Gasteiger partial charge on any atom is 0.306 e. The van der Waals surface area contributed by atoms with Crippen LogP contribution in [0.15, 0.2) is 0 Å². The summed E-state index contributed by atoms with van der Waals surface area (Å²) in [7, 11) is 0. The molecule has 0 aliphatic heterocycles. The number of hydrogen-bond acceptors (Lipinski definition) is 4. The van der Waals surface area contributed by atoms with Crippen LogP contribution in [0.2, 0.25) is 0 Å². The topological polar surface area (TPSA) is 115 Å². The number of carboxylic acid groups (broad SMARTS) is 2. The van der Waals surface area contributed by atoms with Crippen molar-refractivity contribution in [1.82, 2.24) is 0 Å². The molecule has 84 valence electrons. The van der Waals surface area contributed by atoms with Crippen molar-refractivity contribution in [2.45, 2.75) is 19.8 Å². The molecule has 4 N–H and O–H groups in total. The number of hydrogen-bond donors (Lipinski definition) is 4. The highest BCUT2D eigenvalue weighted by molar-refractivity contribution is 5.71. The zero-order valence-corrected chi connectivity index (χ0v) is 8.01. The van der Waals surface area contributed by atoms with E-state index in [0.29, 0.717) is 0 Å². The first-order chi connectivity index (χ1) is 6.45. The lowest BCUT2D eigenvalue weighted by Gasteiger charge is -2.01. The summed E-state index contributed by atoms with van der Waals surface area (Å²) < 4.78 is 0. The molecule has 0 heterocycles. The van der Waals surface area contributed by atoms with E-state index < -0.39 is 17.9 Å². The molecule has 14 heavy (non-hydrogen) atoms. The van der Waals surface area contributed by atoms with Crippen molar-refractivity contribution in [2.75, 3.05) is 13.2 Å². The van der Waals surface area contributed by atoms with E-state index in [1.165, 1.54) is 6.92 Å². The predicted octanol–water partition coefficient (Wildman–Crippen LogP) is -0.457. The van der Waals surface area contributed by atoms with Crippen molar-refractivity contribution in [3.8, 4) is 0 Å². The van der Waals surface area contributed by atoms with E-state index in [4.69, 9.17) is 20.4 Å². The van der Waals surface area contributed by atoms with Gasteiger partial charge in [0, 0.05) is 6.42 Å². The van der Waals surface area contributed by atoms with Gasteiger partial charge in [-0.3, -0.25) is 9.59 Å². The van der Waals surface area contributed by atoms with Gasteiger partial charge in [0.15, 0.2) is 0 Å². The van der Waals surface area contributed by atoms with Gasteiger partial charge in [0.1, 0.15) is 0 Å². The molecule has 0 aliphatic rings. The zero-order valence-electron chi connectivity index (χ0n) is 8.01. The third-order valence-corrected chi connectivity index (χ3v) is 1.31. The first kappa shape index (κ1) is 15.3. The quantitative estimate of drug-likeness (QED) is 0.486. The van der Waals surface area contributed by atoms with Gasteiger partial charge in [-0.2, -0.15) is 0 Å². The molecule has 0 saturated carbocycles. The summed E-state index contributed by atoms with van der Waals surface area (Å²) in [4.78, 5) is 20.1. The van der Waals surface area contributed by atoms with Gasteiger partial charge in [-0.05, 0) is 6.42 Å². The Bertz CT molecular complexity index is 165. The van der Waals surface area contributed by atoms with Crippen molar-refractivity contribution in [3.05, 3.63) is 0 Å². The highest BCUT2D eigenvalue weighted by Crippen LogP contribution is 2.04. The van der Waals surface area contributed by atoms with Crippen LogP contribution in [-0.4, -0.2) is 45.6 Å². The maximum atomic E-state index is 10.1. The molecular formula is C8H16O6. The largest absolute Gasteiger partial charge is 0.481 e. The van der Waals surface area contributed by atoms with Crippen molar-refractivity contribution in [1.29, 1.82) is 0 Å². The van der Waals surface area contributed by atoms with Gasteiger partial charge >= 0.3 is 11.9 Å². The van der Waals surface area contributed by atoms with Gasteiger partial charge in [-0.25, -0.2) is 0 Å². The minimum absolute atomic E-state index is 0.0759. The minimum Gasteiger partial charge on any atom is -0.481 e. The summed E-state index contributed by atoms with van der Waals surface area (Å²) in [5.74, 6) is -2.45. The van der Waals surface area contributed by atoms with Gasteiger partial charge < -0.3 is 20.4 Å².